The van der Waals surface area contributed by atoms with Crippen LogP contribution in [0.4, 0.5) is 0 Å². The van der Waals surface area contributed by atoms with Gasteiger partial charge in [0.1, 0.15) is 5.69 Å². The Kier molecular flexibility index (Phi) is 6.71. The van der Waals surface area contributed by atoms with Crippen molar-refractivity contribution >= 4 is 0 Å². The topological polar surface area (TPSA) is 31.4 Å². The largest absolute Gasteiger partial charge is 0.490 e. The lowest BCUT2D eigenvalue weighted by Gasteiger charge is -2.12. The van der Waals surface area contributed by atoms with E-state index in [9.17, 15) is 0 Å². The molecule has 3 nitrogen and oxygen atoms in total. The maximum Gasteiger partial charge on any atom is 0.179 e. The van der Waals surface area contributed by atoms with E-state index in [1.54, 1.807) is 12.3 Å². The van der Waals surface area contributed by atoms with Crippen LogP contribution in [0.2, 0.25) is 0 Å². The summed E-state index contributed by atoms with van der Waals surface area (Å²) in [5, 5.41) is 0. The first-order chi connectivity index (χ1) is 8.81. The Hall–Kier alpha value is -1.69. The number of ether oxygens (including phenoxy) is 2. The minimum Gasteiger partial charge on any atom is -0.490 e. The molecule has 3 heteroatoms. The molecule has 0 atom stereocenters. The lowest BCUT2D eigenvalue weighted by atomic mass is 10.3. The van der Waals surface area contributed by atoms with Gasteiger partial charge in [-0.25, -0.2) is 4.98 Å². The Morgan fingerprint density at radius 2 is 1.72 bits per heavy atom. The van der Waals surface area contributed by atoms with Crippen LogP contribution in [0.3, 0.4) is 0 Å². The highest BCUT2D eigenvalue weighted by Crippen LogP contribution is 2.27. The van der Waals surface area contributed by atoms with Crippen molar-refractivity contribution in [1.29, 1.82) is 0 Å². The van der Waals surface area contributed by atoms with Crippen LogP contribution in [-0.2, 0) is 0 Å². The molecule has 0 saturated heterocycles. The third-order valence-corrected chi connectivity index (χ3v) is 2.49. The number of terminal acetylenes is 1. The monoisotopic (exact) mass is 247 g/mol. The molecule has 1 aromatic rings. The van der Waals surface area contributed by atoms with Crippen LogP contribution in [0.5, 0.6) is 11.5 Å². The van der Waals surface area contributed by atoms with Gasteiger partial charge in [-0.05, 0) is 12.8 Å². The molecular weight excluding hydrogens is 226 g/mol. The average Bonchev–Trinajstić information content (AvgIpc) is 2.40. The summed E-state index contributed by atoms with van der Waals surface area (Å²) in [7, 11) is 0. The minimum absolute atomic E-state index is 0.573. The SMILES string of the molecule is C#Cc1cc(OCCCC)c(OCCCC)cn1. The van der Waals surface area contributed by atoms with E-state index in [4.69, 9.17) is 15.9 Å². The van der Waals surface area contributed by atoms with Crippen molar-refractivity contribution in [3.05, 3.63) is 18.0 Å². The van der Waals surface area contributed by atoms with Gasteiger partial charge in [0.05, 0.1) is 19.4 Å². The molecule has 0 N–H and O–H groups in total. The lowest BCUT2D eigenvalue weighted by Crippen LogP contribution is -2.03. The summed E-state index contributed by atoms with van der Waals surface area (Å²) < 4.78 is 11.3. The molecule has 0 aromatic carbocycles. The predicted octanol–water partition coefficient (Wildman–Crippen LogP) is 3.42. The molecular formula is C15H21NO2. The van der Waals surface area contributed by atoms with Crippen LogP contribution in [-0.4, -0.2) is 18.2 Å². The highest BCUT2D eigenvalue weighted by atomic mass is 16.5. The number of pyridine rings is 1. The third-order valence-electron chi connectivity index (χ3n) is 2.49. The molecule has 0 aliphatic heterocycles. The Morgan fingerprint density at radius 1 is 1.11 bits per heavy atom. The first-order valence-corrected chi connectivity index (χ1v) is 6.54. The summed E-state index contributed by atoms with van der Waals surface area (Å²) in [5.74, 6) is 3.88. The average molecular weight is 247 g/mol. The molecule has 0 aliphatic rings. The van der Waals surface area contributed by atoms with Gasteiger partial charge < -0.3 is 9.47 Å². The van der Waals surface area contributed by atoms with Gasteiger partial charge in [-0.1, -0.05) is 32.6 Å². The van der Waals surface area contributed by atoms with Gasteiger partial charge in [0, 0.05) is 6.07 Å². The lowest BCUT2D eigenvalue weighted by molar-refractivity contribution is 0.261. The van der Waals surface area contributed by atoms with E-state index in [0.717, 1.165) is 25.7 Å². The quantitative estimate of drug-likeness (QED) is 0.521. The number of hydrogen-bond donors (Lipinski definition) is 0. The molecule has 0 unspecified atom stereocenters. The van der Waals surface area contributed by atoms with Gasteiger partial charge in [0.2, 0.25) is 0 Å². The van der Waals surface area contributed by atoms with Crippen LogP contribution < -0.4 is 9.47 Å². The van der Waals surface area contributed by atoms with Gasteiger partial charge in [0.15, 0.2) is 11.5 Å². The molecule has 0 saturated carbocycles. The van der Waals surface area contributed by atoms with Crippen LogP contribution in [0.1, 0.15) is 45.2 Å². The standard InChI is InChI=1S/C15H21NO2/c1-4-7-9-17-14-11-13(6-3)16-12-15(14)18-10-8-5-2/h3,11-12H,4-5,7-10H2,1-2H3. The predicted molar refractivity (Wildman–Crippen MR) is 73.0 cm³/mol. The molecule has 0 radical (unpaired) electrons. The summed E-state index contributed by atoms with van der Waals surface area (Å²) in [6.45, 7) is 5.61. The summed E-state index contributed by atoms with van der Waals surface area (Å²) >= 11 is 0. The first kappa shape index (κ1) is 14.4. The summed E-state index contributed by atoms with van der Waals surface area (Å²) in [6.07, 6.45) is 11.2. The second-order valence-corrected chi connectivity index (χ2v) is 4.06. The highest BCUT2D eigenvalue weighted by molar-refractivity contribution is 5.42. The fourth-order valence-electron chi connectivity index (χ4n) is 1.38. The van der Waals surface area contributed by atoms with Gasteiger partial charge in [-0.2, -0.15) is 0 Å². The molecule has 0 amide bonds. The van der Waals surface area contributed by atoms with E-state index in [0.29, 0.717) is 30.4 Å². The van der Waals surface area contributed by atoms with Gasteiger partial charge in [0.25, 0.3) is 0 Å². The van der Waals surface area contributed by atoms with Crippen LogP contribution >= 0.6 is 0 Å². The number of aromatic nitrogens is 1. The van der Waals surface area contributed by atoms with E-state index in [1.165, 1.54) is 0 Å². The Labute approximate surface area is 110 Å². The van der Waals surface area contributed by atoms with E-state index in [2.05, 4.69) is 24.8 Å². The molecule has 1 heterocycles. The van der Waals surface area contributed by atoms with Crippen LogP contribution in [0, 0.1) is 12.3 Å². The molecule has 0 fully saturated rings. The maximum atomic E-state index is 5.69. The molecule has 18 heavy (non-hydrogen) atoms. The molecule has 1 rings (SSSR count). The maximum absolute atomic E-state index is 5.69. The molecule has 1 aromatic heterocycles. The van der Waals surface area contributed by atoms with Crippen molar-refractivity contribution in [2.24, 2.45) is 0 Å². The fraction of sp³-hybridized carbons (Fsp3) is 0.533. The number of hydrogen-bond acceptors (Lipinski definition) is 3. The van der Waals surface area contributed by atoms with E-state index in [-0.39, 0.29) is 0 Å². The molecule has 0 bridgehead atoms. The van der Waals surface area contributed by atoms with Crippen molar-refractivity contribution < 1.29 is 9.47 Å². The third kappa shape index (κ3) is 4.67. The Bertz CT molecular complexity index is 396. The first-order valence-electron chi connectivity index (χ1n) is 6.54. The number of nitrogens with zero attached hydrogens (tertiary/aromatic N) is 1. The number of rotatable bonds is 8. The van der Waals surface area contributed by atoms with Gasteiger partial charge in [-0.3, -0.25) is 0 Å². The fourth-order valence-corrected chi connectivity index (χ4v) is 1.38. The second-order valence-electron chi connectivity index (χ2n) is 4.06. The van der Waals surface area contributed by atoms with Crippen molar-refractivity contribution in [3.63, 3.8) is 0 Å². The van der Waals surface area contributed by atoms with Crippen molar-refractivity contribution in [3.8, 4) is 23.8 Å². The molecule has 0 spiro atoms. The molecule has 0 aliphatic carbocycles. The van der Waals surface area contributed by atoms with E-state index in [1.807, 2.05) is 0 Å². The Morgan fingerprint density at radius 3 is 2.28 bits per heavy atom. The zero-order chi connectivity index (χ0) is 13.2. The zero-order valence-electron chi connectivity index (χ0n) is 11.2. The normalized spacial score (nSPS) is 9.83. The van der Waals surface area contributed by atoms with Crippen molar-refractivity contribution in [1.82, 2.24) is 4.98 Å². The summed E-state index contributed by atoms with van der Waals surface area (Å²) in [5.41, 5.74) is 0.573. The van der Waals surface area contributed by atoms with Crippen molar-refractivity contribution in [2.75, 3.05) is 13.2 Å². The Balaban J connectivity index is 2.70. The van der Waals surface area contributed by atoms with Crippen molar-refractivity contribution in [2.45, 2.75) is 39.5 Å². The highest BCUT2D eigenvalue weighted by Gasteiger charge is 2.07. The van der Waals surface area contributed by atoms with E-state index < -0.39 is 0 Å². The van der Waals surface area contributed by atoms with E-state index >= 15 is 0 Å². The second kappa shape index (κ2) is 8.41. The summed E-state index contributed by atoms with van der Waals surface area (Å²) in [6, 6.07) is 1.76. The zero-order valence-corrected chi connectivity index (χ0v) is 11.2. The summed E-state index contributed by atoms with van der Waals surface area (Å²) in [4.78, 5) is 4.12. The van der Waals surface area contributed by atoms with Crippen LogP contribution in [0.15, 0.2) is 12.3 Å². The molecule has 98 valence electrons. The van der Waals surface area contributed by atoms with Gasteiger partial charge >= 0.3 is 0 Å². The minimum atomic E-state index is 0.573. The smallest absolute Gasteiger partial charge is 0.179 e. The number of unbranched alkanes of at least 4 members (excludes halogenated alkanes) is 2. The van der Waals surface area contributed by atoms with Gasteiger partial charge in [-0.15, -0.1) is 6.42 Å². The van der Waals surface area contributed by atoms with Crippen LogP contribution in [0.25, 0.3) is 0 Å².